The summed E-state index contributed by atoms with van der Waals surface area (Å²) < 4.78 is 4.97. The lowest BCUT2D eigenvalue weighted by Crippen LogP contribution is -2.25. The maximum Gasteiger partial charge on any atom is 0.313 e. The molecule has 0 fully saturated rings. The Bertz CT molecular complexity index is 260. The second-order valence-corrected chi connectivity index (χ2v) is 4.50. The van der Waals surface area contributed by atoms with E-state index in [0.29, 0.717) is 0 Å². The average Bonchev–Trinajstić information content (AvgIpc) is 1.96. The monoisotopic (exact) mass is 214 g/mol. The van der Waals surface area contributed by atoms with E-state index in [2.05, 4.69) is 0 Å². The summed E-state index contributed by atoms with van der Waals surface area (Å²) >= 11 is 0. The highest BCUT2D eigenvalue weighted by Gasteiger charge is 2.18. The zero-order valence-electron chi connectivity index (χ0n) is 9.75. The van der Waals surface area contributed by atoms with E-state index in [1.54, 1.807) is 20.8 Å². The fourth-order valence-electron chi connectivity index (χ4n) is 0.942. The van der Waals surface area contributed by atoms with Crippen LogP contribution in [0.4, 0.5) is 0 Å². The first-order valence-electron chi connectivity index (χ1n) is 4.93. The van der Waals surface area contributed by atoms with E-state index in [4.69, 9.17) is 4.74 Å². The normalized spacial score (nSPS) is 10.9. The molecule has 0 aliphatic carbocycles. The van der Waals surface area contributed by atoms with Crippen molar-refractivity contribution in [2.45, 2.75) is 52.6 Å². The third-order valence-electron chi connectivity index (χ3n) is 1.52. The standard InChI is InChI=1S/C11H18O4/c1-8(12)5-6-9(13)7-10(14)15-11(2,3)4/h5-7H2,1-4H3. The van der Waals surface area contributed by atoms with Gasteiger partial charge in [0.05, 0.1) is 0 Å². The van der Waals surface area contributed by atoms with Crippen LogP contribution in [0.25, 0.3) is 0 Å². The number of esters is 1. The minimum atomic E-state index is -0.571. The second kappa shape index (κ2) is 5.63. The van der Waals surface area contributed by atoms with E-state index in [1.807, 2.05) is 0 Å². The van der Waals surface area contributed by atoms with Crippen LogP contribution in [-0.2, 0) is 19.1 Å². The first-order valence-corrected chi connectivity index (χ1v) is 4.93. The van der Waals surface area contributed by atoms with Crippen molar-refractivity contribution in [2.75, 3.05) is 0 Å². The summed E-state index contributed by atoms with van der Waals surface area (Å²) in [4.78, 5) is 33.0. The topological polar surface area (TPSA) is 60.4 Å². The van der Waals surface area contributed by atoms with Gasteiger partial charge in [-0.15, -0.1) is 0 Å². The Labute approximate surface area is 90.0 Å². The molecule has 0 N–H and O–H groups in total. The van der Waals surface area contributed by atoms with Crippen molar-refractivity contribution in [2.24, 2.45) is 0 Å². The molecule has 0 unspecified atom stereocenters. The minimum absolute atomic E-state index is 0.0486. The number of hydrogen-bond acceptors (Lipinski definition) is 4. The van der Waals surface area contributed by atoms with Crippen LogP contribution in [0.2, 0.25) is 0 Å². The van der Waals surface area contributed by atoms with Crippen molar-refractivity contribution >= 4 is 17.5 Å². The van der Waals surface area contributed by atoms with Gasteiger partial charge >= 0.3 is 5.97 Å². The Balaban J connectivity index is 3.87. The van der Waals surface area contributed by atoms with Gasteiger partial charge in [-0.1, -0.05) is 0 Å². The Kier molecular flexibility index (Phi) is 5.19. The van der Waals surface area contributed by atoms with Crippen LogP contribution in [0.3, 0.4) is 0 Å². The summed E-state index contributed by atoms with van der Waals surface area (Å²) in [5.41, 5.74) is -0.571. The second-order valence-electron chi connectivity index (χ2n) is 4.50. The molecule has 0 amide bonds. The molecule has 0 atom stereocenters. The van der Waals surface area contributed by atoms with Gasteiger partial charge in [-0.25, -0.2) is 0 Å². The molecule has 0 saturated carbocycles. The zero-order chi connectivity index (χ0) is 12.1. The molecule has 0 radical (unpaired) electrons. The third-order valence-corrected chi connectivity index (χ3v) is 1.52. The van der Waals surface area contributed by atoms with Crippen molar-refractivity contribution in [3.8, 4) is 0 Å². The van der Waals surface area contributed by atoms with Crippen LogP contribution in [0.5, 0.6) is 0 Å². The lowest BCUT2D eigenvalue weighted by Gasteiger charge is -2.19. The summed E-state index contributed by atoms with van der Waals surface area (Å²) in [7, 11) is 0. The fraction of sp³-hybridized carbons (Fsp3) is 0.727. The smallest absolute Gasteiger partial charge is 0.313 e. The van der Waals surface area contributed by atoms with Crippen molar-refractivity contribution in [1.29, 1.82) is 0 Å². The van der Waals surface area contributed by atoms with Crippen molar-refractivity contribution in [1.82, 2.24) is 0 Å². The highest BCUT2D eigenvalue weighted by molar-refractivity contribution is 5.97. The molecule has 0 aliphatic heterocycles. The average molecular weight is 214 g/mol. The van der Waals surface area contributed by atoms with Crippen LogP contribution >= 0.6 is 0 Å². The Hall–Kier alpha value is -1.19. The Morgan fingerprint density at radius 2 is 1.60 bits per heavy atom. The summed E-state index contributed by atoms with van der Waals surface area (Å²) in [6, 6.07) is 0. The van der Waals surface area contributed by atoms with Crippen LogP contribution < -0.4 is 0 Å². The molecule has 0 heterocycles. The number of carbonyl (C=O) groups excluding carboxylic acids is 3. The van der Waals surface area contributed by atoms with Crippen molar-refractivity contribution < 1.29 is 19.1 Å². The van der Waals surface area contributed by atoms with E-state index in [0.717, 1.165) is 0 Å². The summed E-state index contributed by atoms with van der Waals surface area (Å²) in [6.45, 7) is 6.64. The number of hydrogen-bond donors (Lipinski definition) is 0. The maximum atomic E-state index is 11.2. The lowest BCUT2D eigenvalue weighted by atomic mass is 10.1. The largest absolute Gasteiger partial charge is 0.460 e. The van der Waals surface area contributed by atoms with E-state index in [-0.39, 0.29) is 30.8 Å². The molecule has 86 valence electrons. The molecular weight excluding hydrogens is 196 g/mol. The Morgan fingerprint density at radius 3 is 2.00 bits per heavy atom. The highest BCUT2D eigenvalue weighted by Crippen LogP contribution is 2.09. The molecule has 4 heteroatoms. The Morgan fingerprint density at radius 1 is 1.07 bits per heavy atom. The zero-order valence-corrected chi connectivity index (χ0v) is 9.75. The number of ketones is 2. The van der Waals surface area contributed by atoms with Gasteiger partial charge in [0, 0.05) is 12.8 Å². The number of ether oxygens (including phenoxy) is 1. The molecule has 0 saturated heterocycles. The molecule has 0 aliphatic rings. The van der Waals surface area contributed by atoms with E-state index >= 15 is 0 Å². The minimum Gasteiger partial charge on any atom is -0.460 e. The molecule has 0 rings (SSSR count). The van der Waals surface area contributed by atoms with Gasteiger partial charge in [-0.05, 0) is 27.7 Å². The highest BCUT2D eigenvalue weighted by atomic mass is 16.6. The van der Waals surface area contributed by atoms with Gasteiger partial charge in [0.15, 0.2) is 0 Å². The quantitative estimate of drug-likeness (QED) is 0.515. The molecule has 0 spiro atoms. The van der Waals surface area contributed by atoms with Crippen LogP contribution in [0.1, 0.15) is 47.0 Å². The summed E-state index contributed by atoms with van der Waals surface area (Å²) in [5.74, 6) is -0.831. The third kappa shape index (κ3) is 9.12. The molecule has 0 aromatic rings. The van der Waals surface area contributed by atoms with Crippen molar-refractivity contribution in [3.05, 3.63) is 0 Å². The first-order chi connectivity index (χ1) is 6.70. The molecule has 0 aromatic heterocycles. The van der Waals surface area contributed by atoms with Gasteiger partial charge in [0.2, 0.25) is 0 Å². The molecule has 15 heavy (non-hydrogen) atoms. The van der Waals surface area contributed by atoms with Gasteiger partial charge in [-0.2, -0.15) is 0 Å². The van der Waals surface area contributed by atoms with E-state index in [1.165, 1.54) is 6.92 Å². The van der Waals surface area contributed by atoms with Gasteiger partial charge in [0.1, 0.15) is 23.6 Å². The predicted molar refractivity (Wildman–Crippen MR) is 55.4 cm³/mol. The van der Waals surface area contributed by atoms with Gasteiger partial charge in [0.25, 0.3) is 0 Å². The van der Waals surface area contributed by atoms with Crippen LogP contribution in [0.15, 0.2) is 0 Å². The molecule has 4 nitrogen and oxygen atoms in total. The summed E-state index contributed by atoms with van der Waals surface area (Å²) in [6.07, 6.45) is 0.0702. The van der Waals surface area contributed by atoms with Gasteiger partial charge in [-0.3, -0.25) is 9.59 Å². The van der Waals surface area contributed by atoms with Crippen LogP contribution in [-0.4, -0.2) is 23.1 Å². The lowest BCUT2D eigenvalue weighted by molar-refractivity contribution is -0.156. The van der Waals surface area contributed by atoms with Crippen molar-refractivity contribution in [3.63, 3.8) is 0 Å². The fourth-order valence-corrected chi connectivity index (χ4v) is 0.942. The molecule has 0 bridgehead atoms. The number of Topliss-reactive ketones (excluding diaryl/α,β-unsaturated/α-hetero) is 2. The molecule has 0 aromatic carbocycles. The SMILES string of the molecule is CC(=O)CCC(=O)CC(=O)OC(C)(C)C. The predicted octanol–water partition coefficient (Wildman–Crippen LogP) is 1.66. The first kappa shape index (κ1) is 13.8. The summed E-state index contributed by atoms with van der Waals surface area (Å²) in [5, 5.41) is 0. The van der Waals surface area contributed by atoms with Crippen LogP contribution in [0, 0.1) is 0 Å². The maximum absolute atomic E-state index is 11.2. The van der Waals surface area contributed by atoms with E-state index < -0.39 is 11.6 Å². The number of rotatable bonds is 5. The number of carbonyl (C=O) groups is 3. The van der Waals surface area contributed by atoms with Gasteiger partial charge < -0.3 is 9.53 Å². The van der Waals surface area contributed by atoms with E-state index in [9.17, 15) is 14.4 Å². The molecular formula is C11H18O4.